The van der Waals surface area contributed by atoms with E-state index < -0.39 is 6.09 Å². The predicted molar refractivity (Wildman–Crippen MR) is 139 cm³/mol. The topological polar surface area (TPSA) is 100 Å². The molecule has 1 aliphatic rings. The number of carbonyl (C=O) groups is 2. The molecule has 1 unspecified atom stereocenters. The van der Waals surface area contributed by atoms with E-state index in [9.17, 15) is 14.7 Å². The summed E-state index contributed by atoms with van der Waals surface area (Å²) < 4.78 is 11.4. The Morgan fingerprint density at radius 3 is 2.42 bits per heavy atom. The third kappa shape index (κ3) is 6.07. The molecule has 1 saturated heterocycles. The molecule has 188 valence electrons. The van der Waals surface area contributed by atoms with Crippen LogP contribution in [0.2, 0.25) is 0 Å². The number of phenols is 1. The average Bonchev–Trinajstić information content (AvgIpc) is 3.28. The van der Waals surface area contributed by atoms with Gasteiger partial charge in [0, 0.05) is 24.3 Å². The lowest BCUT2D eigenvalue weighted by molar-refractivity contribution is 0.155. The molecule has 3 amide bonds. The number of nitrogens with zero attached hydrogens (tertiary/aromatic N) is 1. The van der Waals surface area contributed by atoms with Crippen LogP contribution in [0.4, 0.5) is 21.0 Å². The first-order chi connectivity index (χ1) is 17.3. The zero-order chi connectivity index (χ0) is 25.7. The molecule has 0 radical (unpaired) electrons. The van der Waals surface area contributed by atoms with Crippen LogP contribution in [0.25, 0.3) is 0 Å². The molecule has 0 saturated carbocycles. The molecule has 0 aliphatic carbocycles. The van der Waals surface area contributed by atoms with Crippen molar-refractivity contribution in [2.45, 2.75) is 46.3 Å². The fourth-order valence-corrected chi connectivity index (χ4v) is 4.28. The minimum absolute atomic E-state index is 0.0374. The van der Waals surface area contributed by atoms with Crippen LogP contribution in [0.15, 0.2) is 60.7 Å². The average molecular weight is 490 g/mol. The van der Waals surface area contributed by atoms with Gasteiger partial charge < -0.3 is 24.8 Å². The number of aryl methyl sites for hydroxylation is 2. The Labute approximate surface area is 210 Å². The van der Waals surface area contributed by atoms with Gasteiger partial charge in [-0.1, -0.05) is 30.3 Å². The number of hydrogen-bond donors (Lipinski definition) is 3. The standard InChI is InChI=1S/C28H31N3O5/c1-18-14-22(29-28(34)35-17-21-9-5-4-6-10-21)15-19(2)26(18)36-23-11-12-25(32)24(16-23)30-27(33)31-13-7-8-20(31)3/h4-6,9-12,14-16,20,32H,7-8,13,17H2,1-3H3,(H,29,34)(H,30,33). The summed E-state index contributed by atoms with van der Waals surface area (Å²) >= 11 is 0. The third-order valence-electron chi connectivity index (χ3n) is 6.16. The van der Waals surface area contributed by atoms with Crippen LogP contribution in [0.3, 0.4) is 0 Å². The van der Waals surface area contributed by atoms with E-state index in [1.165, 1.54) is 6.07 Å². The second kappa shape index (κ2) is 11.0. The summed E-state index contributed by atoms with van der Waals surface area (Å²) in [6.45, 7) is 6.64. The highest BCUT2D eigenvalue weighted by atomic mass is 16.5. The molecule has 3 aromatic rings. The summed E-state index contributed by atoms with van der Waals surface area (Å²) in [6.07, 6.45) is 1.40. The van der Waals surface area contributed by atoms with Crippen molar-refractivity contribution in [2.24, 2.45) is 0 Å². The number of benzene rings is 3. The number of anilines is 2. The monoisotopic (exact) mass is 489 g/mol. The Kier molecular flexibility index (Phi) is 7.63. The zero-order valence-corrected chi connectivity index (χ0v) is 20.7. The summed E-state index contributed by atoms with van der Waals surface area (Å²) in [6, 6.07) is 17.7. The first kappa shape index (κ1) is 24.9. The van der Waals surface area contributed by atoms with Gasteiger partial charge in [-0.15, -0.1) is 0 Å². The highest BCUT2D eigenvalue weighted by molar-refractivity contribution is 5.91. The van der Waals surface area contributed by atoms with Gasteiger partial charge in [-0.05, 0) is 74.6 Å². The number of urea groups is 1. The fourth-order valence-electron chi connectivity index (χ4n) is 4.28. The van der Waals surface area contributed by atoms with E-state index in [2.05, 4.69) is 10.6 Å². The quantitative estimate of drug-likeness (QED) is 0.340. The summed E-state index contributed by atoms with van der Waals surface area (Å²) in [5.41, 5.74) is 3.39. The molecule has 8 heteroatoms. The van der Waals surface area contributed by atoms with E-state index in [1.807, 2.05) is 51.1 Å². The molecule has 0 bridgehead atoms. The molecule has 3 aromatic carbocycles. The van der Waals surface area contributed by atoms with Crippen molar-refractivity contribution in [2.75, 3.05) is 17.2 Å². The Hall–Kier alpha value is -4.20. The molecule has 1 atom stereocenters. The van der Waals surface area contributed by atoms with Crippen molar-refractivity contribution in [3.63, 3.8) is 0 Å². The van der Waals surface area contributed by atoms with Crippen molar-refractivity contribution in [3.05, 3.63) is 77.4 Å². The maximum atomic E-state index is 12.6. The number of likely N-dealkylation sites (tertiary alicyclic amines) is 1. The Bertz CT molecular complexity index is 1220. The van der Waals surface area contributed by atoms with Crippen molar-refractivity contribution in [1.29, 1.82) is 0 Å². The lowest BCUT2D eigenvalue weighted by Crippen LogP contribution is -2.37. The van der Waals surface area contributed by atoms with Crippen LogP contribution in [0, 0.1) is 13.8 Å². The largest absolute Gasteiger partial charge is 0.506 e. The van der Waals surface area contributed by atoms with Gasteiger partial charge in [0.05, 0.1) is 5.69 Å². The Morgan fingerprint density at radius 2 is 1.75 bits per heavy atom. The van der Waals surface area contributed by atoms with Gasteiger partial charge in [-0.2, -0.15) is 0 Å². The SMILES string of the molecule is Cc1cc(NC(=O)OCc2ccccc2)cc(C)c1Oc1ccc(O)c(NC(=O)N2CCCC2C)c1. The van der Waals surface area contributed by atoms with Gasteiger partial charge in [-0.25, -0.2) is 9.59 Å². The number of carbonyl (C=O) groups excluding carboxylic acids is 2. The maximum absolute atomic E-state index is 12.6. The number of nitrogens with one attached hydrogen (secondary N) is 2. The number of phenolic OH excluding ortho intramolecular Hbond substituents is 1. The maximum Gasteiger partial charge on any atom is 0.411 e. The second-order valence-corrected chi connectivity index (χ2v) is 9.02. The summed E-state index contributed by atoms with van der Waals surface area (Å²) in [7, 11) is 0. The third-order valence-corrected chi connectivity index (χ3v) is 6.16. The number of rotatable bonds is 6. The summed E-state index contributed by atoms with van der Waals surface area (Å²) in [5.74, 6) is 1.05. The predicted octanol–water partition coefficient (Wildman–Crippen LogP) is 6.57. The van der Waals surface area contributed by atoms with Gasteiger partial charge in [0.25, 0.3) is 0 Å². The minimum Gasteiger partial charge on any atom is -0.506 e. The molecule has 1 fully saturated rings. The van der Waals surface area contributed by atoms with Crippen LogP contribution in [0.1, 0.15) is 36.5 Å². The van der Waals surface area contributed by atoms with E-state index in [0.29, 0.717) is 23.7 Å². The molecule has 8 nitrogen and oxygen atoms in total. The normalized spacial score (nSPS) is 14.9. The highest BCUT2D eigenvalue weighted by Gasteiger charge is 2.25. The van der Waals surface area contributed by atoms with Crippen LogP contribution < -0.4 is 15.4 Å². The van der Waals surface area contributed by atoms with Crippen LogP contribution in [-0.2, 0) is 11.3 Å². The smallest absolute Gasteiger partial charge is 0.411 e. The highest BCUT2D eigenvalue weighted by Crippen LogP contribution is 2.35. The Balaban J connectivity index is 1.41. The van der Waals surface area contributed by atoms with Crippen LogP contribution in [-0.4, -0.2) is 34.7 Å². The fraction of sp³-hybridized carbons (Fsp3) is 0.286. The molecule has 4 rings (SSSR count). The minimum atomic E-state index is -0.544. The van der Waals surface area contributed by atoms with E-state index in [1.54, 1.807) is 29.2 Å². The van der Waals surface area contributed by atoms with Crippen LogP contribution >= 0.6 is 0 Å². The molecule has 0 aromatic heterocycles. The molecule has 36 heavy (non-hydrogen) atoms. The van der Waals surface area contributed by atoms with Crippen molar-refractivity contribution >= 4 is 23.5 Å². The summed E-state index contributed by atoms with van der Waals surface area (Å²) in [5, 5.41) is 15.8. The van der Waals surface area contributed by atoms with Crippen LogP contribution in [0.5, 0.6) is 17.2 Å². The van der Waals surface area contributed by atoms with E-state index in [0.717, 1.165) is 29.5 Å². The number of aromatic hydroxyl groups is 1. The number of hydrogen-bond acceptors (Lipinski definition) is 5. The molecule has 0 spiro atoms. The van der Waals surface area contributed by atoms with E-state index in [-0.39, 0.29) is 30.1 Å². The van der Waals surface area contributed by atoms with Crippen molar-refractivity contribution in [3.8, 4) is 17.2 Å². The first-order valence-electron chi connectivity index (χ1n) is 12.0. The van der Waals surface area contributed by atoms with Gasteiger partial charge in [-0.3, -0.25) is 5.32 Å². The first-order valence-corrected chi connectivity index (χ1v) is 12.0. The molecular formula is C28H31N3O5. The van der Waals surface area contributed by atoms with Gasteiger partial charge in [0.15, 0.2) is 0 Å². The molecule has 1 aliphatic heterocycles. The van der Waals surface area contributed by atoms with Gasteiger partial charge >= 0.3 is 12.1 Å². The number of amides is 3. The summed E-state index contributed by atoms with van der Waals surface area (Å²) in [4.78, 5) is 26.6. The van der Waals surface area contributed by atoms with E-state index >= 15 is 0 Å². The van der Waals surface area contributed by atoms with Gasteiger partial charge in [0.2, 0.25) is 0 Å². The van der Waals surface area contributed by atoms with Crippen molar-refractivity contribution in [1.82, 2.24) is 4.90 Å². The molecular weight excluding hydrogens is 458 g/mol. The molecule has 1 heterocycles. The van der Waals surface area contributed by atoms with Crippen molar-refractivity contribution < 1.29 is 24.2 Å². The lowest BCUT2D eigenvalue weighted by Gasteiger charge is -2.22. The lowest BCUT2D eigenvalue weighted by atomic mass is 10.1. The zero-order valence-electron chi connectivity index (χ0n) is 20.7. The van der Waals surface area contributed by atoms with E-state index in [4.69, 9.17) is 9.47 Å². The molecule has 3 N–H and O–H groups in total. The Morgan fingerprint density at radius 1 is 1.03 bits per heavy atom. The number of ether oxygens (including phenoxy) is 2. The van der Waals surface area contributed by atoms with Gasteiger partial charge in [0.1, 0.15) is 23.9 Å². The second-order valence-electron chi connectivity index (χ2n) is 9.02.